The molecule has 0 radical (unpaired) electrons. The Morgan fingerprint density at radius 2 is 1.62 bits per heavy atom. The lowest BCUT2D eigenvalue weighted by molar-refractivity contribution is 0.0990. The van der Waals surface area contributed by atoms with Crippen molar-refractivity contribution in [2.24, 2.45) is 11.1 Å². The standard InChI is InChI=1S/C18H31NO2/c1-13(19)16(11-20)21-15-9-7-14(8-10-15)18(5,6)12-17(2,3)4/h7-10,13,16,20H,11-12,19H2,1-6H3. The van der Waals surface area contributed by atoms with Crippen molar-refractivity contribution in [3.63, 3.8) is 0 Å². The SMILES string of the molecule is CC(N)C(CO)Oc1ccc(C(C)(C)CC(C)(C)C)cc1. The van der Waals surface area contributed by atoms with Gasteiger partial charge in [-0.2, -0.15) is 0 Å². The molecule has 21 heavy (non-hydrogen) atoms. The van der Waals surface area contributed by atoms with Gasteiger partial charge >= 0.3 is 0 Å². The van der Waals surface area contributed by atoms with Crippen molar-refractivity contribution in [1.29, 1.82) is 0 Å². The highest BCUT2D eigenvalue weighted by Crippen LogP contribution is 2.36. The van der Waals surface area contributed by atoms with E-state index in [0.717, 1.165) is 12.2 Å². The molecule has 0 saturated heterocycles. The van der Waals surface area contributed by atoms with Crippen molar-refractivity contribution >= 4 is 0 Å². The Bertz CT molecular complexity index is 430. The highest BCUT2D eigenvalue weighted by atomic mass is 16.5. The average Bonchev–Trinajstić information content (AvgIpc) is 2.33. The molecule has 1 rings (SSSR count). The molecule has 3 heteroatoms. The summed E-state index contributed by atoms with van der Waals surface area (Å²) >= 11 is 0. The molecule has 1 aromatic carbocycles. The van der Waals surface area contributed by atoms with E-state index in [0.29, 0.717) is 0 Å². The molecule has 120 valence electrons. The second kappa shape index (κ2) is 6.80. The van der Waals surface area contributed by atoms with Crippen LogP contribution in [-0.4, -0.2) is 23.9 Å². The van der Waals surface area contributed by atoms with Gasteiger partial charge in [-0.05, 0) is 41.9 Å². The van der Waals surface area contributed by atoms with Crippen molar-refractivity contribution in [2.75, 3.05) is 6.61 Å². The number of aliphatic hydroxyl groups excluding tert-OH is 1. The second-order valence-corrected chi connectivity index (χ2v) is 7.84. The van der Waals surface area contributed by atoms with E-state index < -0.39 is 0 Å². The van der Waals surface area contributed by atoms with Crippen LogP contribution in [0.4, 0.5) is 0 Å². The van der Waals surface area contributed by atoms with Gasteiger partial charge in [0.2, 0.25) is 0 Å². The molecule has 2 unspecified atom stereocenters. The number of benzene rings is 1. The van der Waals surface area contributed by atoms with E-state index in [9.17, 15) is 5.11 Å². The lowest BCUT2D eigenvalue weighted by Crippen LogP contribution is -2.39. The van der Waals surface area contributed by atoms with E-state index in [1.807, 2.05) is 19.1 Å². The lowest BCUT2D eigenvalue weighted by atomic mass is 9.72. The minimum absolute atomic E-state index is 0.0745. The molecule has 0 aliphatic rings. The summed E-state index contributed by atoms with van der Waals surface area (Å²) in [5.41, 5.74) is 7.48. The minimum atomic E-state index is -0.363. The first-order chi connectivity index (χ1) is 9.55. The molecule has 0 aromatic heterocycles. The van der Waals surface area contributed by atoms with Crippen LogP contribution in [0, 0.1) is 5.41 Å². The molecule has 0 heterocycles. The Kier molecular flexibility index (Phi) is 5.83. The molecular formula is C18H31NO2. The Hall–Kier alpha value is -1.06. The van der Waals surface area contributed by atoms with Crippen LogP contribution in [0.25, 0.3) is 0 Å². The summed E-state index contributed by atoms with van der Waals surface area (Å²) in [7, 11) is 0. The molecule has 2 atom stereocenters. The van der Waals surface area contributed by atoms with Gasteiger partial charge in [-0.3, -0.25) is 0 Å². The molecular weight excluding hydrogens is 262 g/mol. The first-order valence-electron chi connectivity index (χ1n) is 7.69. The van der Waals surface area contributed by atoms with Crippen molar-refractivity contribution in [2.45, 2.75) is 65.5 Å². The maximum absolute atomic E-state index is 9.26. The number of hydrogen-bond acceptors (Lipinski definition) is 3. The highest BCUT2D eigenvalue weighted by molar-refractivity contribution is 5.32. The zero-order chi connectivity index (χ0) is 16.3. The molecule has 0 aliphatic carbocycles. The van der Waals surface area contributed by atoms with Crippen LogP contribution in [0.3, 0.4) is 0 Å². The van der Waals surface area contributed by atoms with Crippen LogP contribution in [-0.2, 0) is 5.41 Å². The third-order valence-electron chi connectivity index (χ3n) is 3.66. The Balaban J connectivity index is 2.82. The van der Waals surface area contributed by atoms with Gasteiger partial charge < -0.3 is 15.6 Å². The molecule has 3 nitrogen and oxygen atoms in total. The monoisotopic (exact) mass is 293 g/mol. The van der Waals surface area contributed by atoms with E-state index in [-0.39, 0.29) is 29.6 Å². The molecule has 1 aromatic rings. The van der Waals surface area contributed by atoms with Crippen LogP contribution >= 0.6 is 0 Å². The predicted octanol–water partition coefficient (Wildman–Crippen LogP) is 3.49. The summed E-state index contributed by atoms with van der Waals surface area (Å²) in [4.78, 5) is 0. The van der Waals surface area contributed by atoms with Gasteiger partial charge in [0.05, 0.1) is 6.61 Å². The van der Waals surface area contributed by atoms with Gasteiger partial charge in [0.15, 0.2) is 0 Å². The summed E-state index contributed by atoms with van der Waals surface area (Å²) in [6.45, 7) is 13.1. The number of hydrogen-bond donors (Lipinski definition) is 2. The Labute approximate surface area is 129 Å². The number of rotatable bonds is 6. The lowest BCUT2D eigenvalue weighted by Gasteiger charge is -2.33. The quantitative estimate of drug-likeness (QED) is 0.844. The first kappa shape index (κ1) is 18.0. The molecule has 0 saturated carbocycles. The Morgan fingerprint density at radius 1 is 1.10 bits per heavy atom. The van der Waals surface area contributed by atoms with Crippen molar-refractivity contribution in [1.82, 2.24) is 0 Å². The Morgan fingerprint density at radius 3 is 2.00 bits per heavy atom. The van der Waals surface area contributed by atoms with Crippen molar-refractivity contribution in [3.05, 3.63) is 29.8 Å². The number of ether oxygens (including phenoxy) is 1. The third-order valence-corrected chi connectivity index (χ3v) is 3.66. The second-order valence-electron chi connectivity index (χ2n) is 7.84. The molecule has 0 fully saturated rings. The predicted molar refractivity (Wildman–Crippen MR) is 88.7 cm³/mol. The summed E-state index contributed by atoms with van der Waals surface area (Å²) in [5, 5.41) is 9.26. The largest absolute Gasteiger partial charge is 0.486 e. The van der Waals surface area contributed by atoms with Gasteiger partial charge in [-0.1, -0.05) is 46.8 Å². The summed E-state index contributed by atoms with van der Waals surface area (Å²) < 4.78 is 5.72. The van der Waals surface area contributed by atoms with Crippen LogP contribution < -0.4 is 10.5 Å². The van der Waals surface area contributed by atoms with Gasteiger partial charge in [0, 0.05) is 6.04 Å². The fourth-order valence-electron chi connectivity index (χ4n) is 2.90. The van der Waals surface area contributed by atoms with Crippen LogP contribution in [0.15, 0.2) is 24.3 Å². The fourth-order valence-corrected chi connectivity index (χ4v) is 2.90. The topological polar surface area (TPSA) is 55.5 Å². The van der Waals surface area contributed by atoms with Crippen molar-refractivity contribution in [3.8, 4) is 5.75 Å². The third kappa shape index (κ3) is 5.68. The van der Waals surface area contributed by atoms with Crippen LogP contribution in [0.1, 0.15) is 53.5 Å². The highest BCUT2D eigenvalue weighted by Gasteiger charge is 2.27. The van der Waals surface area contributed by atoms with Crippen LogP contribution in [0.2, 0.25) is 0 Å². The van der Waals surface area contributed by atoms with E-state index in [4.69, 9.17) is 10.5 Å². The van der Waals surface area contributed by atoms with E-state index in [2.05, 4.69) is 46.8 Å². The zero-order valence-electron chi connectivity index (χ0n) is 14.3. The number of nitrogens with two attached hydrogens (primary N) is 1. The zero-order valence-corrected chi connectivity index (χ0v) is 14.3. The summed E-state index contributed by atoms with van der Waals surface area (Å²) in [6, 6.07) is 7.94. The maximum atomic E-state index is 9.26. The van der Waals surface area contributed by atoms with Gasteiger partial charge in [-0.25, -0.2) is 0 Å². The maximum Gasteiger partial charge on any atom is 0.136 e. The van der Waals surface area contributed by atoms with E-state index >= 15 is 0 Å². The molecule has 0 aliphatic heterocycles. The van der Waals surface area contributed by atoms with Gasteiger partial charge in [0.25, 0.3) is 0 Å². The normalized spacial score (nSPS) is 15.6. The van der Waals surface area contributed by atoms with Crippen LogP contribution in [0.5, 0.6) is 5.75 Å². The van der Waals surface area contributed by atoms with E-state index in [1.54, 1.807) is 0 Å². The summed E-state index contributed by atoms with van der Waals surface area (Å²) in [5.74, 6) is 0.752. The smallest absolute Gasteiger partial charge is 0.136 e. The fraction of sp³-hybridized carbons (Fsp3) is 0.667. The van der Waals surface area contributed by atoms with E-state index in [1.165, 1.54) is 5.56 Å². The molecule has 0 amide bonds. The molecule has 0 spiro atoms. The van der Waals surface area contributed by atoms with Crippen molar-refractivity contribution < 1.29 is 9.84 Å². The first-order valence-corrected chi connectivity index (χ1v) is 7.69. The van der Waals surface area contributed by atoms with Gasteiger partial charge in [0.1, 0.15) is 11.9 Å². The summed E-state index contributed by atoms with van der Waals surface area (Å²) in [6.07, 6.45) is 0.748. The van der Waals surface area contributed by atoms with Gasteiger partial charge in [-0.15, -0.1) is 0 Å². The minimum Gasteiger partial charge on any atom is -0.486 e. The molecule has 3 N–H and O–H groups in total. The number of aliphatic hydroxyl groups is 1. The molecule has 0 bridgehead atoms. The average molecular weight is 293 g/mol.